The van der Waals surface area contributed by atoms with Gasteiger partial charge >= 0.3 is 6.09 Å². The van der Waals surface area contributed by atoms with Crippen LogP contribution in [-0.2, 0) is 11.3 Å². The highest BCUT2D eigenvalue weighted by Crippen LogP contribution is 2.22. The fourth-order valence-electron chi connectivity index (χ4n) is 2.09. The molecule has 1 aromatic rings. The topological polar surface area (TPSA) is 41.6 Å². The lowest BCUT2D eigenvalue weighted by Gasteiger charge is -2.26. The Balaban J connectivity index is 2.13. The van der Waals surface area contributed by atoms with Crippen LogP contribution in [0.5, 0.6) is 0 Å². The summed E-state index contributed by atoms with van der Waals surface area (Å²) < 4.78 is 5.43. The van der Waals surface area contributed by atoms with Crippen molar-refractivity contribution in [3.63, 3.8) is 0 Å². The van der Waals surface area contributed by atoms with Gasteiger partial charge in [-0.1, -0.05) is 12.1 Å². The molecule has 104 valence electrons. The van der Waals surface area contributed by atoms with Gasteiger partial charge in [0.05, 0.1) is 6.54 Å². The fraction of sp³-hybridized carbons (Fsp3) is 0.533. The lowest BCUT2D eigenvalue weighted by molar-refractivity contribution is 0.0245. The number of carbonyl (C=O) groups excluding carboxylic acids is 1. The molecule has 0 bridgehead atoms. The number of carbonyl (C=O) groups is 1. The molecule has 4 nitrogen and oxygen atoms in total. The van der Waals surface area contributed by atoms with Crippen LogP contribution in [0.2, 0.25) is 0 Å². The smallest absolute Gasteiger partial charge is 0.410 e. The first-order valence-corrected chi connectivity index (χ1v) is 6.66. The molecule has 4 heteroatoms. The van der Waals surface area contributed by atoms with Crippen LogP contribution in [0.25, 0.3) is 0 Å². The van der Waals surface area contributed by atoms with E-state index in [4.69, 9.17) is 4.74 Å². The summed E-state index contributed by atoms with van der Waals surface area (Å²) in [4.78, 5) is 13.9. The van der Waals surface area contributed by atoms with E-state index in [9.17, 15) is 4.79 Å². The van der Waals surface area contributed by atoms with Gasteiger partial charge in [-0.15, -0.1) is 0 Å². The van der Waals surface area contributed by atoms with Gasteiger partial charge in [-0.3, -0.25) is 0 Å². The molecule has 1 N–H and O–H groups in total. The molecule has 0 aliphatic carbocycles. The molecule has 0 fully saturated rings. The van der Waals surface area contributed by atoms with Gasteiger partial charge in [-0.05, 0) is 44.9 Å². The van der Waals surface area contributed by atoms with Crippen molar-refractivity contribution in [1.29, 1.82) is 0 Å². The molecule has 0 spiro atoms. The zero-order chi connectivity index (χ0) is 14.0. The molecule has 1 aliphatic heterocycles. The molecular weight excluding hydrogens is 240 g/mol. The van der Waals surface area contributed by atoms with Gasteiger partial charge in [0.15, 0.2) is 0 Å². The van der Waals surface area contributed by atoms with E-state index in [1.165, 1.54) is 5.56 Å². The number of fused-ring (bicyclic) bond motifs is 1. The molecule has 1 heterocycles. The Morgan fingerprint density at radius 3 is 2.79 bits per heavy atom. The molecule has 0 radical (unpaired) electrons. The number of nitrogens with one attached hydrogen (secondary N) is 1. The second kappa shape index (κ2) is 5.11. The number of anilines is 1. The Morgan fingerprint density at radius 2 is 2.11 bits per heavy atom. The number of benzene rings is 1. The van der Waals surface area contributed by atoms with E-state index in [2.05, 4.69) is 30.4 Å². The maximum atomic E-state index is 12.1. The van der Waals surface area contributed by atoms with E-state index in [1.54, 1.807) is 4.90 Å². The highest BCUT2D eigenvalue weighted by atomic mass is 16.6. The van der Waals surface area contributed by atoms with E-state index >= 15 is 0 Å². The predicted octanol–water partition coefficient (Wildman–Crippen LogP) is 3.16. The number of nitrogens with zero attached hydrogens (tertiary/aromatic N) is 1. The Bertz CT molecular complexity index is 478. The summed E-state index contributed by atoms with van der Waals surface area (Å²) >= 11 is 0. The van der Waals surface area contributed by atoms with Gasteiger partial charge in [0, 0.05) is 18.8 Å². The highest BCUT2D eigenvalue weighted by Gasteiger charge is 2.24. The molecule has 0 atom stereocenters. The van der Waals surface area contributed by atoms with Crippen LogP contribution in [-0.4, -0.2) is 29.7 Å². The van der Waals surface area contributed by atoms with Crippen LogP contribution in [0.4, 0.5) is 10.5 Å². The van der Waals surface area contributed by atoms with Crippen molar-refractivity contribution in [2.75, 3.05) is 18.4 Å². The van der Waals surface area contributed by atoms with Crippen molar-refractivity contribution in [3.05, 3.63) is 29.3 Å². The molecule has 1 amide bonds. The van der Waals surface area contributed by atoms with Gasteiger partial charge in [-0.25, -0.2) is 4.79 Å². The third-order valence-corrected chi connectivity index (χ3v) is 2.98. The normalized spacial score (nSPS) is 15.3. The van der Waals surface area contributed by atoms with Crippen LogP contribution in [0, 0.1) is 6.92 Å². The summed E-state index contributed by atoms with van der Waals surface area (Å²) in [6, 6.07) is 6.26. The van der Waals surface area contributed by atoms with Crippen molar-refractivity contribution >= 4 is 11.8 Å². The summed E-state index contributed by atoms with van der Waals surface area (Å²) in [5.74, 6) is 0. The van der Waals surface area contributed by atoms with Gasteiger partial charge in [0.2, 0.25) is 0 Å². The minimum atomic E-state index is -0.451. The first-order valence-electron chi connectivity index (χ1n) is 6.66. The predicted molar refractivity (Wildman–Crippen MR) is 76.3 cm³/mol. The van der Waals surface area contributed by atoms with Crippen molar-refractivity contribution in [3.8, 4) is 0 Å². The van der Waals surface area contributed by atoms with Gasteiger partial charge < -0.3 is 15.0 Å². The van der Waals surface area contributed by atoms with Crippen molar-refractivity contribution < 1.29 is 9.53 Å². The van der Waals surface area contributed by atoms with Crippen LogP contribution >= 0.6 is 0 Å². The largest absolute Gasteiger partial charge is 0.444 e. The van der Waals surface area contributed by atoms with Gasteiger partial charge in [0.25, 0.3) is 0 Å². The Morgan fingerprint density at radius 1 is 1.37 bits per heavy atom. The monoisotopic (exact) mass is 262 g/mol. The summed E-state index contributed by atoms with van der Waals surface area (Å²) in [7, 11) is 0. The minimum Gasteiger partial charge on any atom is -0.444 e. The highest BCUT2D eigenvalue weighted by molar-refractivity contribution is 5.69. The molecule has 19 heavy (non-hydrogen) atoms. The Kier molecular flexibility index (Phi) is 3.69. The number of hydrogen-bond donors (Lipinski definition) is 1. The molecular formula is C15H22N2O2. The zero-order valence-corrected chi connectivity index (χ0v) is 12.1. The quantitative estimate of drug-likeness (QED) is 0.781. The number of aryl methyl sites for hydroxylation is 1. The lowest BCUT2D eigenvalue weighted by Crippen LogP contribution is -2.37. The second-order valence-electron chi connectivity index (χ2n) is 5.99. The summed E-state index contributed by atoms with van der Waals surface area (Å²) in [6.07, 6.45) is -0.247. The second-order valence-corrected chi connectivity index (χ2v) is 5.99. The van der Waals surface area contributed by atoms with Crippen molar-refractivity contribution in [2.45, 2.75) is 39.8 Å². The average Bonchev–Trinajstić information content (AvgIpc) is 2.48. The number of amides is 1. The van der Waals surface area contributed by atoms with Crippen molar-refractivity contribution in [1.82, 2.24) is 4.90 Å². The first-order chi connectivity index (χ1) is 8.85. The minimum absolute atomic E-state index is 0.247. The average molecular weight is 262 g/mol. The van der Waals surface area contributed by atoms with E-state index in [-0.39, 0.29) is 6.09 Å². The maximum absolute atomic E-state index is 12.1. The van der Waals surface area contributed by atoms with E-state index in [0.717, 1.165) is 17.8 Å². The van der Waals surface area contributed by atoms with E-state index < -0.39 is 5.60 Å². The summed E-state index contributed by atoms with van der Waals surface area (Å²) in [6.45, 7) is 9.73. The number of ether oxygens (including phenoxy) is 1. The van der Waals surface area contributed by atoms with Gasteiger partial charge in [0.1, 0.15) is 5.60 Å². The van der Waals surface area contributed by atoms with Crippen LogP contribution in [0.15, 0.2) is 18.2 Å². The lowest BCUT2D eigenvalue weighted by atomic mass is 10.1. The Labute approximate surface area is 114 Å². The van der Waals surface area contributed by atoms with E-state index in [0.29, 0.717) is 13.1 Å². The van der Waals surface area contributed by atoms with E-state index in [1.807, 2.05) is 20.8 Å². The summed E-state index contributed by atoms with van der Waals surface area (Å²) in [5, 5.41) is 3.36. The first kappa shape index (κ1) is 13.7. The third-order valence-electron chi connectivity index (χ3n) is 2.98. The third kappa shape index (κ3) is 3.63. The molecule has 0 saturated carbocycles. The van der Waals surface area contributed by atoms with Crippen LogP contribution in [0.1, 0.15) is 31.9 Å². The number of rotatable bonds is 0. The Hall–Kier alpha value is -1.71. The molecule has 2 rings (SSSR count). The zero-order valence-electron chi connectivity index (χ0n) is 12.1. The van der Waals surface area contributed by atoms with Crippen LogP contribution < -0.4 is 5.32 Å². The summed E-state index contributed by atoms with van der Waals surface area (Å²) in [5.41, 5.74) is 3.02. The molecule has 1 aliphatic rings. The fourth-order valence-corrected chi connectivity index (χ4v) is 2.09. The van der Waals surface area contributed by atoms with Gasteiger partial charge in [-0.2, -0.15) is 0 Å². The maximum Gasteiger partial charge on any atom is 0.410 e. The molecule has 0 saturated heterocycles. The molecule has 0 unspecified atom stereocenters. The SMILES string of the molecule is Cc1ccc2c(c1)NCCN(C(=O)OC(C)(C)C)C2. The van der Waals surface area contributed by atoms with Crippen molar-refractivity contribution in [2.24, 2.45) is 0 Å². The molecule has 0 aromatic heterocycles. The standard InChI is InChI=1S/C15H22N2O2/c1-11-5-6-12-10-17(8-7-16-13(12)9-11)14(18)19-15(2,3)4/h5-6,9,16H,7-8,10H2,1-4H3. The van der Waals surface area contributed by atoms with Crippen LogP contribution in [0.3, 0.4) is 0 Å². The molecule has 1 aromatic carbocycles. The number of hydrogen-bond acceptors (Lipinski definition) is 3.